The quantitative estimate of drug-likeness (QED) is 0.907. The third-order valence-corrected chi connectivity index (χ3v) is 3.72. The van der Waals surface area contributed by atoms with Crippen LogP contribution in [0.2, 0.25) is 0 Å². The molecule has 2 nitrogen and oxygen atoms in total. The SMILES string of the molecule is COc1cccc(CC(C)(CN)c2ccc(F)cc2)c1. The summed E-state index contributed by atoms with van der Waals surface area (Å²) in [4.78, 5) is 0. The highest BCUT2D eigenvalue weighted by Crippen LogP contribution is 2.28. The Kier molecular flexibility index (Phi) is 4.40. The van der Waals surface area contributed by atoms with E-state index in [0.29, 0.717) is 6.54 Å². The molecule has 2 N–H and O–H groups in total. The predicted molar refractivity (Wildman–Crippen MR) is 79.5 cm³/mol. The van der Waals surface area contributed by atoms with E-state index in [1.54, 1.807) is 7.11 Å². The van der Waals surface area contributed by atoms with E-state index in [9.17, 15) is 4.39 Å². The second-order valence-electron chi connectivity index (χ2n) is 5.30. The van der Waals surface area contributed by atoms with Crippen LogP contribution in [-0.2, 0) is 11.8 Å². The maximum Gasteiger partial charge on any atom is 0.123 e. The smallest absolute Gasteiger partial charge is 0.123 e. The molecule has 0 aliphatic heterocycles. The minimum Gasteiger partial charge on any atom is -0.497 e. The normalized spacial score (nSPS) is 13.8. The Balaban J connectivity index is 2.28. The van der Waals surface area contributed by atoms with Crippen LogP contribution < -0.4 is 10.5 Å². The Morgan fingerprint density at radius 3 is 2.45 bits per heavy atom. The van der Waals surface area contributed by atoms with Crippen molar-refractivity contribution in [3.63, 3.8) is 0 Å². The molecular weight excluding hydrogens is 253 g/mol. The van der Waals surface area contributed by atoms with Gasteiger partial charge in [-0.15, -0.1) is 0 Å². The number of hydrogen-bond donors (Lipinski definition) is 1. The van der Waals surface area contributed by atoms with Crippen LogP contribution in [0.25, 0.3) is 0 Å². The molecule has 0 bridgehead atoms. The van der Waals surface area contributed by atoms with Crippen LogP contribution in [0.4, 0.5) is 4.39 Å². The van der Waals surface area contributed by atoms with Crippen LogP contribution in [-0.4, -0.2) is 13.7 Å². The summed E-state index contributed by atoms with van der Waals surface area (Å²) in [6.07, 6.45) is 0.784. The van der Waals surface area contributed by atoms with Gasteiger partial charge in [-0.25, -0.2) is 4.39 Å². The number of methoxy groups -OCH3 is 1. The number of hydrogen-bond acceptors (Lipinski definition) is 2. The molecule has 1 unspecified atom stereocenters. The van der Waals surface area contributed by atoms with Crippen molar-refractivity contribution in [1.82, 2.24) is 0 Å². The molecule has 0 aliphatic carbocycles. The molecule has 0 spiro atoms. The number of benzene rings is 2. The Morgan fingerprint density at radius 2 is 1.85 bits per heavy atom. The molecule has 0 amide bonds. The van der Waals surface area contributed by atoms with E-state index in [2.05, 4.69) is 13.0 Å². The number of halogens is 1. The van der Waals surface area contributed by atoms with E-state index in [1.807, 2.05) is 30.3 Å². The third kappa shape index (κ3) is 3.17. The summed E-state index contributed by atoms with van der Waals surface area (Å²) in [5, 5.41) is 0. The van der Waals surface area contributed by atoms with Gasteiger partial charge in [0.25, 0.3) is 0 Å². The zero-order valence-electron chi connectivity index (χ0n) is 11.9. The van der Waals surface area contributed by atoms with Crippen LogP contribution in [0.3, 0.4) is 0 Å². The second kappa shape index (κ2) is 6.06. The Morgan fingerprint density at radius 1 is 1.15 bits per heavy atom. The zero-order chi connectivity index (χ0) is 14.6. The molecule has 2 aromatic carbocycles. The molecule has 2 rings (SSSR count). The predicted octanol–water partition coefficient (Wildman–Crippen LogP) is 3.29. The minimum atomic E-state index is -0.227. The summed E-state index contributed by atoms with van der Waals surface area (Å²) >= 11 is 0. The standard InChI is InChI=1S/C17H20FNO/c1-17(12-19,14-6-8-15(18)9-7-14)11-13-4-3-5-16(10-13)20-2/h3-10H,11-12,19H2,1-2H3. The lowest BCUT2D eigenvalue weighted by Crippen LogP contribution is -2.34. The van der Waals surface area contributed by atoms with Crippen molar-refractivity contribution in [3.05, 3.63) is 65.5 Å². The average molecular weight is 273 g/mol. The van der Waals surface area contributed by atoms with Gasteiger partial charge in [-0.2, -0.15) is 0 Å². The van der Waals surface area contributed by atoms with Crippen LogP contribution in [0.5, 0.6) is 5.75 Å². The van der Waals surface area contributed by atoms with Gasteiger partial charge in [0.15, 0.2) is 0 Å². The highest BCUT2D eigenvalue weighted by Gasteiger charge is 2.25. The molecule has 0 aliphatic rings. The first-order chi connectivity index (χ1) is 9.57. The van der Waals surface area contributed by atoms with Gasteiger partial charge in [0.1, 0.15) is 11.6 Å². The summed E-state index contributed by atoms with van der Waals surface area (Å²) in [5.74, 6) is 0.607. The van der Waals surface area contributed by atoms with Gasteiger partial charge >= 0.3 is 0 Å². The minimum absolute atomic E-state index is 0.222. The molecule has 0 radical (unpaired) electrons. The van der Waals surface area contributed by atoms with Crippen molar-refractivity contribution in [2.24, 2.45) is 5.73 Å². The molecule has 3 heteroatoms. The summed E-state index contributed by atoms with van der Waals surface area (Å²) in [5.41, 5.74) is 7.95. The first-order valence-corrected chi connectivity index (χ1v) is 6.66. The van der Waals surface area contributed by atoms with Gasteiger partial charge in [0.2, 0.25) is 0 Å². The third-order valence-electron chi connectivity index (χ3n) is 3.72. The zero-order valence-corrected chi connectivity index (χ0v) is 11.9. The fraction of sp³-hybridized carbons (Fsp3) is 0.294. The number of rotatable bonds is 5. The van der Waals surface area contributed by atoms with Gasteiger partial charge < -0.3 is 10.5 Å². The molecule has 2 aromatic rings. The molecular formula is C17H20FNO. The summed E-state index contributed by atoms with van der Waals surface area (Å²) in [6, 6.07) is 14.5. The van der Waals surface area contributed by atoms with Crippen LogP contribution in [0.15, 0.2) is 48.5 Å². The lowest BCUT2D eigenvalue weighted by atomic mass is 9.77. The fourth-order valence-electron chi connectivity index (χ4n) is 2.38. The van der Waals surface area contributed by atoms with Crippen molar-refractivity contribution < 1.29 is 9.13 Å². The lowest BCUT2D eigenvalue weighted by molar-refractivity contribution is 0.413. The highest BCUT2D eigenvalue weighted by atomic mass is 19.1. The summed E-state index contributed by atoms with van der Waals surface area (Å²) in [6.45, 7) is 2.59. The van der Waals surface area contributed by atoms with E-state index < -0.39 is 0 Å². The van der Waals surface area contributed by atoms with Crippen molar-refractivity contribution >= 4 is 0 Å². The maximum absolute atomic E-state index is 13.1. The van der Waals surface area contributed by atoms with E-state index in [1.165, 1.54) is 12.1 Å². The van der Waals surface area contributed by atoms with Crippen molar-refractivity contribution in [1.29, 1.82) is 0 Å². The molecule has 0 saturated heterocycles. The highest BCUT2D eigenvalue weighted by molar-refractivity contribution is 5.33. The van der Waals surface area contributed by atoms with E-state index in [0.717, 1.165) is 23.3 Å². The summed E-state index contributed by atoms with van der Waals surface area (Å²) < 4.78 is 18.3. The monoisotopic (exact) mass is 273 g/mol. The lowest BCUT2D eigenvalue weighted by Gasteiger charge is -2.29. The van der Waals surface area contributed by atoms with Gasteiger partial charge in [-0.05, 0) is 41.8 Å². The van der Waals surface area contributed by atoms with Crippen molar-refractivity contribution in [2.45, 2.75) is 18.8 Å². The molecule has 0 fully saturated rings. The number of nitrogens with two attached hydrogens (primary N) is 1. The van der Waals surface area contributed by atoms with Crippen molar-refractivity contribution in [2.75, 3.05) is 13.7 Å². The first-order valence-electron chi connectivity index (χ1n) is 6.66. The van der Waals surface area contributed by atoms with Crippen LogP contribution >= 0.6 is 0 Å². The molecule has 0 saturated carbocycles. The first kappa shape index (κ1) is 14.5. The van der Waals surface area contributed by atoms with E-state index in [-0.39, 0.29) is 11.2 Å². The summed E-state index contributed by atoms with van der Waals surface area (Å²) in [7, 11) is 1.65. The Hall–Kier alpha value is -1.87. The van der Waals surface area contributed by atoms with Crippen molar-refractivity contribution in [3.8, 4) is 5.75 Å². The molecule has 1 atom stereocenters. The Bertz CT molecular complexity index is 567. The van der Waals surface area contributed by atoms with E-state index in [4.69, 9.17) is 10.5 Å². The largest absolute Gasteiger partial charge is 0.497 e. The fourth-order valence-corrected chi connectivity index (χ4v) is 2.38. The molecule has 106 valence electrons. The number of ether oxygens (including phenoxy) is 1. The topological polar surface area (TPSA) is 35.2 Å². The van der Waals surface area contributed by atoms with Crippen LogP contribution in [0, 0.1) is 5.82 Å². The molecule has 20 heavy (non-hydrogen) atoms. The van der Waals surface area contributed by atoms with Gasteiger partial charge in [-0.1, -0.05) is 31.2 Å². The van der Waals surface area contributed by atoms with Crippen LogP contribution in [0.1, 0.15) is 18.1 Å². The Labute approximate surface area is 119 Å². The van der Waals surface area contributed by atoms with Gasteiger partial charge in [-0.3, -0.25) is 0 Å². The van der Waals surface area contributed by atoms with Gasteiger partial charge in [0, 0.05) is 12.0 Å². The molecule has 0 heterocycles. The second-order valence-corrected chi connectivity index (χ2v) is 5.30. The maximum atomic E-state index is 13.1. The van der Waals surface area contributed by atoms with Gasteiger partial charge in [0.05, 0.1) is 7.11 Å². The average Bonchev–Trinajstić information content (AvgIpc) is 2.48. The molecule has 0 aromatic heterocycles. The van der Waals surface area contributed by atoms with E-state index >= 15 is 0 Å².